The highest BCUT2D eigenvalue weighted by molar-refractivity contribution is 6.10. The number of hydrogen-bond acceptors (Lipinski definition) is 2. The molecule has 8 rings (SSSR count). The quantitative estimate of drug-likeness (QED) is 0.222. The van der Waals surface area contributed by atoms with Gasteiger partial charge in [-0.15, -0.1) is 0 Å². The molecule has 0 bridgehead atoms. The summed E-state index contributed by atoms with van der Waals surface area (Å²) in [6.07, 6.45) is 0. The number of hydrogen-bond donors (Lipinski definition) is 0. The molecule has 0 saturated carbocycles. The van der Waals surface area contributed by atoms with Crippen LogP contribution in [0.3, 0.4) is 0 Å². The fraction of sp³-hybridized carbons (Fsp3) is 0. The zero-order valence-electron chi connectivity index (χ0n) is 23.1. The molecule has 0 atom stereocenters. The molecule has 0 aliphatic carbocycles. The van der Waals surface area contributed by atoms with Gasteiger partial charge in [0.25, 0.3) is 5.56 Å². The van der Waals surface area contributed by atoms with E-state index in [1.165, 1.54) is 4.57 Å². The van der Waals surface area contributed by atoms with E-state index in [1.54, 1.807) is 16.7 Å². The van der Waals surface area contributed by atoms with Crippen molar-refractivity contribution in [3.63, 3.8) is 0 Å². The maximum absolute atomic E-state index is 14.0. The summed E-state index contributed by atoms with van der Waals surface area (Å²) in [5.41, 5.74) is 6.30. The molecule has 2 aromatic heterocycles. The van der Waals surface area contributed by atoms with Gasteiger partial charge in [-0.2, -0.15) is 0 Å². The molecule has 0 spiro atoms. The van der Waals surface area contributed by atoms with Crippen molar-refractivity contribution < 1.29 is 0 Å². The Morgan fingerprint density at radius 2 is 0.791 bits per heavy atom. The van der Waals surface area contributed by atoms with Crippen molar-refractivity contribution in [2.24, 2.45) is 0 Å². The lowest BCUT2D eigenvalue weighted by atomic mass is 10.0. The van der Waals surface area contributed by atoms with Crippen LogP contribution in [0.1, 0.15) is 0 Å². The SMILES string of the molecule is O=c1c2cc(-c3ccc4c(c3)c3ccccc3n4-c3ccccc3)ccc2n(-c2ccccc2)c(=O)n1-c1ccccc1. The highest BCUT2D eigenvalue weighted by Crippen LogP contribution is 2.35. The van der Waals surface area contributed by atoms with Crippen LogP contribution in [0.5, 0.6) is 0 Å². The molecule has 0 amide bonds. The molecule has 0 N–H and O–H groups in total. The Bertz CT molecular complexity index is 2420. The third kappa shape index (κ3) is 3.94. The first kappa shape index (κ1) is 24.8. The van der Waals surface area contributed by atoms with Crippen LogP contribution in [0.4, 0.5) is 0 Å². The highest BCUT2D eigenvalue weighted by Gasteiger charge is 2.18. The molecule has 8 aromatic rings. The molecule has 2 heterocycles. The topological polar surface area (TPSA) is 48.9 Å². The summed E-state index contributed by atoms with van der Waals surface area (Å²) < 4.78 is 5.16. The molecular formula is C38H25N3O2. The van der Waals surface area contributed by atoms with Gasteiger partial charge in [-0.25, -0.2) is 9.36 Å². The van der Waals surface area contributed by atoms with Crippen LogP contribution in [0.25, 0.3) is 60.9 Å². The smallest absolute Gasteiger partial charge is 0.309 e. The maximum Gasteiger partial charge on any atom is 0.340 e. The Morgan fingerprint density at radius 1 is 0.349 bits per heavy atom. The Hall–Kier alpha value is -5.94. The predicted molar refractivity (Wildman–Crippen MR) is 175 cm³/mol. The van der Waals surface area contributed by atoms with E-state index in [9.17, 15) is 9.59 Å². The summed E-state index contributed by atoms with van der Waals surface area (Å²) >= 11 is 0. The van der Waals surface area contributed by atoms with Gasteiger partial charge in [-0.3, -0.25) is 9.36 Å². The van der Waals surface area contributed by atoms with Gasteiger partial charge in [-0.1, -0.05) is 84.9 Å². The number of aromatic nitrogens is 3. The van der Waals surface area contributed by atoms with E-state index in [1.807, 2.05) is 72.8 Å². The molecule has 6 aromatic carbocycles. The molecule has 0 aliphatic heterocycles. The van der Waals surface area contributed by atoms with Crippen LogP contribution < -0.4 is 11.2 Å². The number of fused-ring (bicyclic) bond motifs is 4. The van der Waals surface area contributed by atoms with Gasteiger partial charge in [0, 0.05) is 16.5 Å². The summed E-state index contributed by atoms with van der Waals surface area (Å²) in [6, 6.07) is 49.6. The lowest BCUT2D eigenvalue weighted by molar-refractivity contribution is 0.835. The van der Waals surface area contributed by atoms with E-state index >= 15 is 0 Å². The summed E-state index contributed by atoms with van der Waals surface area (Å²) in [5, 5.41) is 2.76. The van der Waals surface area contributed by atoms with Crippen molar-refractivity contribution in [2.75, 3.05) is 0 Å². The van der Waals surface area contributed by atoms with Gasteiger partial charge in [0.1, 0.15) is 0 Å². The Balaban J connectivity index is 1.39. The third-order valence-corrected chi connectivity index (χ3v) is 8.10. The molecule has 0 saturated heterocycles. The number of benzene rings is 6. The molecule has 0 aliphatic rings. The van der Waals surface area contributed by atoms with Crippen molar-refractivity contribution in [3.8, 4) is 28.2 Å². The van der Waals surface area contributed by atoms with Crippen LogP contribution in [-0.2, 0) is 0 Å². The minimum atomic E-state index is -0.405. The molecule has 0 unspecified atom stereocenters. The number of rotatable bonds is 4. The molecule has 204 valence electrons. The van der Waals surface area contributed by atoms with Gasteiger partial charge in [0.2, 0.25) is 0 Å². The van der Waals surface area contributed by atoms with Crippen molar-refractivity contribution in [1.29, 1.82) is 0 Å². The third-order valence-electron chi connectivity index (χ3n) is 8.10. The summed E-state index contributed by atoms with van der Waals surface area (Å²) in [6.45, 7) is 0. The first-order chi connectivity index (χ1) is 21.2. The Kier molecular flexibility index (Phi) is 5.69. The molecule has 0 radical (unpaired) electrons. The van der Waals surface area contributed by atoms with Crippen molar-refractivity contribution >= 4 is 32.7 Å². The van der Waals surface area contributed by atoms with E-state index in [0.29, 0.717) is 22.3 Å². The monoisotopic (exact) mass is 555 g/mol. The van der Waals surface area contributed by atoms with Gasteiger partial charge in [0.05, 0.1) is 33.3 Å². The predicted octanol–water partition coefficient (Wildman–Crippen LogP) is 7.91. The lowest BCUT2D eigenvalue weighted by Gasteiger charge is -2.15. The molecule has 43 heavy (non-hydrogen) atoms. The second kappa shape index (κ2) is 9.86. The fourth-order valence-corrected chi connectivity index (χ4v) is 6.13. The molecule has 5 nitrogen and oxygen atoms in total. The number of nitrogens with zero attached hydrogens (tertiary/aromatic N) is 3. The van der Waals surface area contributed by atoms with Crippen LogP contribution in [-0.4, -0.2) is 13.7 Å². The minimum absolute atomic E-state index is 0.345. The van der Waals surface area contributed by atoms with E-state index in [4.69, 9.17) is 0 Å². The molecule has 5 heteroatoms. The highest BCUT2D eigenvalue weighted by atomic mass is 16.2. The van der Waals surface area contributed by atoms with E-state index < -0.39 is 5.69 Å². The van der Waals surface area contributed by atoms with Gasteiger partial charge in [0.15, 0.2) is 0 Å². The second-order valence-electron chi connectivity index (χ2n) is 10.6. The minimum Gasteiger partial charge on any atom is -0.309 e. The average Bonchev–Trinajstić information content (AvgIpc) is 3.40. The van der Waals surface area contributed by atoms with E-state index in [-0.39, 0.29) is 5.56 Å². The normalized spacial score (nSPS) is 11.4. The van der Waals surface area contributed by atoms with Gasteiger partial charge < -0.3 is 4.57 Å². The van der Waals surface area contributed by atoms with E-state index in [2.05, 4.69) is 71.3 Å². The fourth-order valence-electron chi connectivity index (χ4n) is 6.13. The Labute approximate surface area is 246 Å². The molecule has 0 fully saturated rings. The zero-order valence-corrected chi connectivity index (χ0v) is 23.1. The maximum atomic E-state index is 14.0. The average molecular weight is 556 g/mol. The lowest BCUT2D eigenvalue weighted by Crippen LogP contribution is -2.38. The molecular weight excluding hydrogens is 530 g/mol. The van der Waals surface area contributed by atoms with Crippen LogP contribution in [0, 0.1) is 0 Å². The van der Waals surface area contributed by atoms with Crippen molar-refractivity contribution in [1.82, 2.24) is 13.7 Å². The first-order valence-corrected chi connectivity index (χ1v) is 14.2. The number of para-hydroxylation sites is 4. The van der Waals surface area contributed by atoms with Crippen LogP contribution in [0.2, 0.25) is 0 Å². The van der Waals surface area contributed by atoms with Crippen LogP contribution >= 0.6 is 0 Å². The Morgan fingerprint density at radius 3 is 1.40 bits per heavy atom. The zero-order chi connectivity index (χ0) is 28.9. The van der Waals surface area contributed by atoms with Crippen molar-refractivity contribution in [2.45, 2.75) is 0 Å². The van der Waals surface area contributed by atoms with Crippen LogP contribution in [0.15, 0.2) is 161 Å². The first-order valence-electron chi connectivity index (χ1n) is 14.2. The standard InChI is InChI=1S/C38H25N3O2/c42-37-33-25-27(21-23-36(33)40(29-14-6-2-7-15-29)38(43)41(37)30-16-8-3-9-17-30)26-20-22-35-32(24-26)31-18-10-11-19-34(31)39(35)28-12-4-1-5-13-28/h1-25H. The van der Waals surface area contributed by atoms with Gasteiger partial charge in [-0.05, 0) is 77.9 Å². The van der Waals surface area contributed by atoms with Crippen molar-refractivity contribution in [3.05, 3.63) is 172 Å². The summed E-state index contributed by atoms with van der Waals surface area (Å²) in [4.78, 5) is 27.9. The largest absolute Gasteiger partial charge is 0.340 e. The van der Waals surface area contributed by atoms with E-state index in [0.717, 1.165) is 38.6 Å². The summed E-state index contributed by atoms with van der Waals surface area (Å²) in [5.74, 6) is 0. The second-order valence-corrected chi connectivity index (χ2v) is 10.6. The van der Waals surface area contributed by atoms with Gasteiger partial charge >= 0.3 is 5.69 Å². The summed E-state index contributed by atoms with van der Waals surface area (Å²) in [7, 11) is 0.